The van der Waals surface area contributed by atoms with Crippen molar-refractivity contribution in [1.29, 1.82) is 0 Å². The third kappa shape index (κ3) is 3.47. The smallest absolute Gasteiger partial charge is 0.322 e. The first-order chi connectivity index (χ1) is 9.72. The van der Waals surface area contributed by atoms with Crippen LogP contribution in [0, 0.1) is 0 Å². The lowest BCUT2D eigenvalue weighted by Gasteiger charge is -2.01. The first-order valence-electron chi connectivity index (χ1n) is 6.21. The monoisotopic (exact) mass is 276 g/mol. The molecule has 0 aliphatic carbocycles. The molecule has 0 radical (unpaired) electrons. The minimum atomic E-state index is -0.131. The topological polar surface area (TPSA) is 89.3 Å². The molecule has 2 N–H and O–H groups in total. The minimum absolute atomic E-state index is 0.0909. The lowest BCUT2D eigenvalue weighted by Crippen LogP contribution is -2.29. The molecule has 0 saturated carbocycles. The molecular weight excluding hydrogens is 260 g/mol. The molecule has 7 heteroatoms. The van der Waals surface area contributed by atoms with E-state index in [4.69, 9.17) is 9.26 Å². The number of benzene rings is 1. The third-order valence-corrected chi connectivity index (χ3v) is 2.53. The number of hydrogen-bond acceptors (Lipinski definition) is 6. The molecule has 0 aliphatic heterocycles. The summed E-state index contributed by atoms with van der Waals surface area (Å²) in [6.07, 6.45) is 0. The first kappa shape index (κ1) is 13.9. The summed E-state index contributed by atoms with van der Waals surface area (Å²) in [4.78, 5) is 15.5. The molecule has 20 heavy (non-hydrogen) atoms. The summed E-state index contributed by atoms with van der Waals surface area (Å²) >= 11 is 0. The molecule has 0 spiro atoms. The van der Waals surface area contributed by atoms with E-state index in [0.29, 0.717) is 18.1 Å². The summed E-state index contributed by atoms with van der Waals surface area (Å²) in [5.41, 5.74) is 0.777. The minimum Gasteiger partial charge on any atom is -0.497 e. The highest BCUT2D eigenvalue weighted by molar-refractivity contribution is 5.80. The number of aromatic nitrogens is 2. The van der Waals surface area contributed by atoms with Crippen LogP contribution in [-0.4, -0.2) is 36.2 Å². The number of amides is 1. The van der Waals surface area contributed by atoms with Gasteiger partial charge in [0.05, 0.1) is 13.7 Å². The fourth-order valence-corrected chi connectivity index (χ4v) is 1.59. The number of ether oxygens (including phenoxy) is 1. The summed E-state index contributed by atoms with van der Waals surface area (Å²) in [7, 11) is 1.59. The second kappa shape index (κ2) is 6.55. The van der Waals surface area contributed by atoms with Gasteiger partial charge >= 0.3 is 6.01 Å². The fourth-order valence-electron chi connectivity index (χ4n) is 1.59. The molecule has 7 nitrogen and oxygen atoms in total. The van der Waals surface area contributed by atoms with Crippen LogP contribution in [0.5, 0.6) is 5.75 Å². The van der Waals surface area contributed by atoms with Crippen molar-refractivity contribution in [1.82, 2.24) is 15.5 Å². The van der Waals surface area contributed by atoms with E-state index < -0.39 is 0 Å². The number of anilines is 1. The maximum Gasteiger partial charge on any atom is 0.322 e. The number of nitrogens with one attached hydrogen (secondary N) is 2. The predicted octanol–water partition coefficient (Wildman–Crippen LogP) is 1.29. The molecule has 1 aromatic heterocycles. The maximum absolute atomic E-state index is 11.3. The van der Waals surface area contributed by atoms with Gasteiger partial charge in [0.1, 0.15) is 5.75 Å². The molecule has 0 unspecified atom stereocenters. The molecule has 1 aromatic carbocycles. The first-order valence-corrected chi connectivity index (χ1v) is 6.21. The van der Waals surface area contributed by atoms with E-state index in [-0.39, 0.29) is 18.5 Å². The lowest BCUT2D eigenvalue weighted by atomic mass is 10.2. The van der Waals surface area contributed by atoms with Crippen molar-refractivity contribution in [3.8, 4) is 17.1 Å². The largest absolute Gasteiger partial charge is 0.497 e. The van der Waals surface area contributed by atoms with Crippen molar-refractivity contribution in [2.24, 2.45) is 0 Å². The quantitative estimate of drug-likeness (QED) is 0.826. The number of methoxy groups -OCH3 is 1. The summed E-state index contributed by atoms with van der Waals surface area (Å²) in [5.74, 6) is 1.01. The van der Waals surface area contributed by atoms with Gasteiger partial charge in [0.25, 0.3) is 0 Å². The highest BCUT2D eigenvalue weighted by atomic mass is 16.5. The van der Waals surface area contributed by atoms with Crippen LogP contribution >= 0.6 is 0 Å². The Morgan fingerprint density at radius 2 is 2.30 bits per heavy atom. The molecule has 1 heterocycles. The second-order valence-electron chi connectivity index (χ2n) is 3.96. The van der Waals surface area contributed by atoms with Gasteiger partial charge in [-0.2, -0.15) is 4.98 Å². The molecule has 2 rings (SSSR count). The normalized spacial score (nSPS) is 10.1. The number of nitrogens with zero attached hydrogens (tertiary/aromatic N) is 2. The summed E-state index contributed by atoms with van der Waals surface area (Å²) in [6, 6.07) is 7.53. The van der Waals surface area contributed by atoms with Gasteiger partial charge in [0.2, 0.25) is 11.7 Å². The Bertz CT molecular complexity index is 583. The van der Waals surface area contributed by atoms with Crippen LogP contribution in [0.2, 0.25) is 0 Å². The Balaban J connectivity index is 2.03. The van der Waals surface area contributed by atoms with Crippen molar-refractivity contribution in [3.05, 3.63) is 24.3 Å². The van der Waals surface area contributed by atoms with Gasteiger partial charge in [0, 0.05) is 12.1 Å². The van der Waals surface area contributed by atoms with Crippen LogP contribution in [-0.2, 0) is 4.79 Å². The fraction of sp³-hybridized carbons (Fsp3) is 0.308. The van der Waals surface area contributed by atoms with Crippen molar-refractivity contribution in [2.75, 3.05) is 25.5 Å². The average Bonchev–Trinajstić information content (AvgIpc) is 2.94. The van der Waals surface area contributed by atoms with E-state index in [1.165, 1.54) is 0 Å². The molecule has 0 fully saturated rings. The lowest BCUT2D eigenvalue weighted by molar-refractivity contribution is -0.119. The highest BCUT2D eigenvalue weighted by Crippen LogP contribution is 2.22. The van der Waals surface area contributed by atoms with Crippen molar-refractivity contribution < 1.29 is 14.1 Å². The number of carbonyl (C=O) groups excluding carboxylic acids is 1. The summed E-state index contributed by atoms with van der Waals surface area (Å²) < 4.78 is 10.2. The number of hydrogen-bond donors (Lipinski definition) is 2. The van der Waals surface area contributed by atoms with E-state index in [0.717, 1.165) is 5.56 Å². The van der Waals surface area contributed by atoms with Gasteiger partial charge < -0.3 is 19.9 Å². The number of likely N-dealkylation sites (N-methyl/N-ethyl adjacent to an activating group) is 1. The molecule has 0 saturated heterocycles. The van der Waals surface area contributed by atoms with E-state index in [1.54, 1.807) is 13.2 Å². The Labute approximate surface area is 116 Å². The van der Waals surface area contributed by atoms with Crippen molar-refractivity contribution in [2.45, 2.75) is 6.92 Å². The van der Waals surface area contributed by atoms with Crippen LogP contribution in [0.3, 0.4) is 0 Å². The van der Waals surface area contributed by atoms with Gasteiger partial charge in [-0.25, -0.2) is 0 Å². The zero-order valence-corrected chi connectivity index (χ0v) is 11.3. The highest BCUT2D eigenvalue weighted by Gasteiger charge is 2.10. The number of carbonyl (C=O) groups is 1. The summed E-state index contributed by atoms with van der Waals surface area (Å²) in [5, 5.41) is 9.28. The van der Waals surface area contributed by atoms with Gasteiger partial charge in [0.15, 0.2) is 0 Å². The van der Waals surface area contributed by atoms with Crippen LogP contribution in [0.4, 0.5) is 6.01 Å². The number of rotatable bonds is 6. The van der Waals surface area contributed by atoms with Crippen LogP contribution in [0.25, 0.3) is 11.4 Å². The van der Waals surface area contributed by atoms with Gasteiger partial charge in [-0.15, -0.1) is 0 Å². The predicted molar refractivity (Wildman–Crippen MR) is 73.5 cm³/mol. The van der Waals surface area contributed by atoms with Crippen LogP contribution in [0.15, 0.2) is 28.8 Å². The molecule has 0 aliphatic rings. The van der Waals surface area contributed by atoms with E-state index in [9.17, 15) is 4.79 Å². The van der Waals surface area contributed by atoms with Crippen molar-refractivity contribution in [3.63, 3.8) is 0 Å². The molecule has 2 aromatic rings. The molecule has 0 atom stereocenters. The van der Waals surface area contributed by atoms with Crippen LogP contribution < -0.4 is 15.4 Å². The van der Waals surface area contributed by atoms with Gasteiger partial charge in [-0.05, 0) is 19.1 Å². The molecule has 1 amide bonds. The maximum atomic E-state index is 11.3. The average molecular weight is 276 g/mol. The van der Waals surface area contributed by atoms with Gasteiger partial charge in [-0.1, -0.05) is 17.3 Å². The SMILES string of the molecule is CCNC(=O)CNc1nc(-c2cccc(OC)c2)no1. The van der Waals surface area contributed by atoms with Crippen molar-refractivity contribution >= 4 is 11.9 Å². The van der Waals surface area contributed by atoms with E-state index in [1.807, 2.05) is 25.1 Å². The Kier molecular flexibility index (Phi) is 4.54. The molecule has 0 bridgehead atoms. The van der Waals surface area contributed by atoms with E-state index in [2.05, 4.69) is 20.8 Å². The second-order valence-corrected chi connectivity index (χ2v) is 3.96. The van der Waals surface area contributed by atoms with Gasteiger partial charge in [-0.3, -0.25) is 4.79 Å². The Hall–Kier alpha value is -2.57. The molecule has 106 valence electrons. The third-order valence-electron chi connectivity index (χ3n) is 2.53. The Morgan fingerprint density at radius 1 is 1.45 bits per heavy atom. The summed E-state index contributed by atoms with van der Waals surface area (Å²) in [6.45, 7) is 2.53. The molecular formula is C13H16N4O3. The van der Waals surface area contributed by atoms with E-state index >= 15 is 0 Å². The zero-order chi connectivity index (χ0) is 14.4. The Morgan fingerprint density at radius 3 is 3.05 bits per heavy atom. The standard InChI is InChI=1S/C13H16N4O3/c1-3-14-11(18)8-15-13-16-12(17-20-13)9-5-4-6-10(7-9)19-2/h4-7H,3,8H2,1-2H3,(H,14,18)(H,15,16,17). The van der Waals surface area contributed by atoms with Crippen LogP contribution in [0.1, 0.15) is 6.92 Å². The zero-order valence-electron chi connectivity index (χ0n) is 11.3.